The molecule has 4 nitrogen and oxygen atoms in total. The van der Waals surface area contributed by atoms with Crippen LogP contribution in [-0.4, -0.2) is 24.1 Å². The Morgan fingerprint density at radius 1 is 0.750 bits per heavy atom. The van der Waals surface area contributed by atoms with Crippen molar-refractivity contribution in [2.24, 2.45) is 40.4 Å². The fourth-order valence-corrected chi connectivity index (χ4v) is 8.23. The molecule has 158 valence electrons. The van der Waals surface area contributed by atoms with Gasteiger partial charge in [0.05, 0.1) is 0 Å². The van der Waals surface area contributed by atoms with Crippen molar-refractivity contribution in [2.75, 3.05) is 0 Å². The molecule has 0 spiro atoms. The number of carbonyl (C=O) groups is 2. The van der Waals surface area contributed by atoms with Crippen LogP contribution in [0.15, 0.2) is 0 Å². The van der Waals surface area contributed by atoms with Gasteiger partial charge in [-0.3, -0.25) is 9.59 Å². The first-order valence-corrected chi connectivity index (χ1v) is 11.5. The third-order valence-electron chi connectivity index (χ3n) is 9.56. The molecule has 0 radical (unpaired) electrons. The minimum atomic E-state index is -0.129. The van der Waals surface area contributed by atoms with Crippen molar-refractivity contribution < 1.29 is 19.1 Å². The third-order valence-corrected chi connectivity index (χ3v) is 9.56. The number of hydrogen-bond acceptors (Lipinski definition) is 4. The van der Waals surface area contributed by atoms with Gasteiger partial charge in [-0.05, 0) is 80.5 Å². The maximum absolute atomic E-state index is 11.8. The van der Waals surface area contributed by atoms with Gasteiger partial charge < -0.3 is 9.47 Å². The number of fused-ring (bicyclic) bond motifs is 5. The largest absolute Gasteiger partial charge is 0.462 e. The second-order valence-electron chi connectivity index (χ2n) is 10.9. The Labute approximate surface area is 170 Å². The summed E-state index contributed by atoms with van der Waals surface area (Å²) in [5, 5.41) is 0. The molecule has 0 saturated heterocycles. The van der Waals surface area contributed by atoms with Gasteiger partial charge in [-0.1, -0.05) is 20.8 Å². The van der Waals surface area contributed by atoms with Crippen LogP contribution >= 0.6 is 0 Å². The van der Waals surface area contributed by atoms with Crippen molar-refractivity contribution in [1.29, 1.82) is 0 Å². The minimum Gasteiger partial charge on any atom is -0.462 e. The van der Waals surface area contributed by atoms with Crippen molar-refractivity contribution >= 4 is 11.9 Å². The van der Waals surface area contributed by atoms with Crippen LogP contribution in [0.2, 0.25) is 0 Å². The van der Waals surface area contributed by atoms with Gasteiger partial charge in [-0.25, -0.2) is 0 Å². The maximum atomic E-state index is 11.8. The first kappa shape index (κ1) is 20.2. The Balaban J connectivity index is 1.58. The molecule has 0 aromatic rings. The van der Waals surface area contributed by atoms with Crippen molar-refractivity contribution in [3.05, 3.63) is 0 Å². The van der Waals surface area contributed by atoms with E-state index in [4.69, 9.17) is 9.47 Å². The molecule has 4 rings (SSSR count). The van der Waals surface area contributed by atoms with Gasteiger partial charge >= 0.3 is 11.9 Å². The average Bonchev–Trinajstić information content (AvgIpc) is 2.93. The summed E-state index contributed by atoms with van der Waals surface area (Å²) >= 11 is 0. The Bertz CT molecular complexity index is 645. The van der Waals surface area contributed by atoms with Gasteiger partial charge in [0.15, 0.2) is 0 Å². The van der Waals surface area contributed by atoms with Crippen LogP contribution in [0.5, 0.6) is 0 Å². The second-order valence-corrected chi connectivity index (χ2v) is 10.9. The lowest BCUT2D eigenvalue weighted by molar-refractivity contribution is -0.188. The summed E-state index contributed by atoms with van der Waals surface area (Å²) in [6.07, 6.45) is 9.62. The molecule has 0 heterocycles. The second kappa shape index (κ2) is 7.02. The van der Waals surface area contributed by atoms with E-state index in [1.54, 1.807) is 13.8 Å². The molecule has 4 fully saturated rings. The fraction of sp³-hybridized carbons (Fsp3) is 0.917. The van der Waals surface area contributed by atoms with Crippen molar-refractivity contribution in [3.8, 4) is 0 Å². The van der Waals surface area contributed by atoms with E-state index >= 15 is 0 Å². The zero-order chi connectivity index (χ0) is 20.3. The molecule has 4 heteroatoms. The molecule has 28 heavy (non-hydrogen) atoms. The van der Waals surface area contributed by atoms with Gasteiger partial charge in [0.1, 0.15) is 12.2 Å². The molecule has 0 N–H and O–H groups in total. The predicted molar refractivity (Wildman–Crippen MR) is 107 cm³/mol. The quantitative estimate of drug-likeness (QED) is 0.613. The minimum absolute atomic E-state index is 0.0860. The van der Waals surface area contributed by atoms with E-state index in [0.29, 0.717) is 23.7 Å². The van der Waals surface area contributed by atoms with E-state index in [1.807, 2.05) is 0 Å². The normalized spacial score (nSPS) is 50.1. The Morgan fingerprint density at radius 2 is 1.36 bits per heavy atom. The fourth-order valence-electron chi connectivity index (χ4n) is 8.23. The topological polar surface area (TPSA) is 52.6 Å². The first-order valence-electron chi connectivity index (χ1n) is 11.5. The van der Waals surface area contributed by atoms with Gasteiger partial charge in [-0.2, -0.15) is 0 Å². The predicted octanol–water partition coefficient (Wildman–Crippen LogP) is 5.14. The monoisotopic (exact) mass is 390 g/mol. The lowest BCUT2D eigenvalue weighted by Gasteiger charge is -2.62. The molecule has 4 aliphatic carbocycles. The molecule has 0 aliphatic heterocycles. The van der Waals surface area contributed by atoms with E-state index in [1.165, 1.54) is 32.1 Å². The Hall–Kier alpha value is -1.06. The van der Waals surface area contributed by atoms with E-state index in [2.05, 4.69) is 20.8 Å². The highest BCUT2D eigenvalue weighted by atomic mass is 16.5. The van der Waals surface area contributed by atoms with Crippen LogP contribution in [0.4, 0.5) is 0 Å². The maximum Gasteiger partial charge on any atom is 0.302 e. The van der Waals surface area contributed by atoms with Crippen molar-refractivity contribution in [1.82, 2.24) is 0 Å². The van der Waals surface area contributed by atoms with Crippen LogP contribution in [0, 0.1) is 40.4 Å². The summed E-state index contributed by atoms with van der Waals surface area (Å²) in [5.74, 6) is 2.82. The van der Waals surface area contributed by atoms with Crippen LogP contribution < -0.4 is 0 Å². The summed E-state index contributed by atoms with van der Waals surface area (Å²) in [7, 11) is 0. The van der Waals surface area contributed by atoms with Gasteiger partial charge in [0.2, 0.25) is 0 Å². The molecule has 0 bridgehead atoms. The highest BCUT2D eigenvalue weighted by molar-refractivity contribution is 5.66. The van der Waals surface area contributed by atoms with Crippen molar-refractivity contribution in [2.45, 2.75) is 98.2 Å². The SMILES string of the molecule is CC(=O)O[C@H]1[C@H](C)CC[C@@]2(C)[C@@H]1CC[C@@H]1[C@@H]2CC[C@]2(C)[C@@H](OC(C)=O)CC[C@@H]12. The molecular formula is C24H38O4. The summed E-state index contributed by atoms with van der Waals surface area (Å²) in [6, 6.07) is 0. The Morgan fingerprint density at radius 3 is 2.04 bits per heavy atom. The summed E-state index contributed by atoms with van der Waals surface area (Å²) in [4.78, 5) is 23.4. The van der Waals surface area contributed by atoms with E-state index in [9.17, 15) is 9.59 Å². The first-order chi connectivity index (χ1) is 13.2. The van der Waals surface area contributed by atoms with Crippen molar-refractivity contribution in [3.63, 3.8) is 0 Å². The van der Waals surface area contributed by atoms with E-state index in [0.717, 1.165) is 25.2 Å². The summed E-state index contributed by atoms with van der Waals surface area (Å²) in [6.45, 7) is 10.3. The van der Waals surface area contributed by atoms with E-state index < -0.39 is 0 Å². The highest BCUT2D eigenvalue weighted by Crippen LogP contribution is 2.67. The smallest absolute Gasteiger partial charge is 0.302 e. The van der Waals surface area contributed by atoms with Crippen LogP contribution in [0.1, 0.15) is 86.0 Å². The summed E-state index contributed by atoms with van der Waals surface area (Å²) in [5.41, 5.74) is 0.420. The number of esters is 2. The number of carbonyl (C=O) groups excluding carboxylic acids is 2. The third kappa shape index (κ3) is 3.01. The van der Waals surface area contributed by atoms with Crippen LogP contribution in [-0.2, 0) is 19.1 Å². The van der Waals surface area contributed by atoms with Gasteiger partial charge in [0.25, 0.3) is 0 Å². The van der Waals surface area contributed by atoms with Gasteiger partial charge in [0, 0.05) is 25.2 Å². The number of rotatable bonds is 2. The number of hydrogen-bond donors (Lipinski definition) is 0. The zero-order valence-corrected chi connectivity index (χ0v) is 18.3. The molecule has 0 aromatic carbocycles. The standard InChI is InChI=1S/C24H38O4/c1-14-10-12-23(4)19-11-13-24(5)18(8-9-21(24)27-15(2)25)17(19)6-7-20(23)22(14)28-16(3)26/h14,17-22H,6-13H2,1-5H3/t14-,17+,18+,19+,20-,21+,22+,23-,24+/m1/s1. The zero-order valence-electron chi connectivity index (χ0n) is 18.3. The summed E-state index contributed by atoms with van der Waals surface area (Å²) < 4.78 is 11.7. The Kier molecular flexibility index (Phi) is 5.07. The molecular weight excluding hydrogens is 352 g/mol. The van der Waals surface area contributed by atoms with Crippen LogP contribution in [0.3, 0.4) is 0 Å². The molecule has 9 atom stereocenters. The average molecular weight is 391 g/mol. The molecule has 4 aliphatic rings. The number of ether oxygens (including phenoxy) is 2. The highest BCUT2D eigenvalue weighted by Gasteiger charge is 2.62. The molecule has 0 unspecified atom stereocenters. The van der Waals surface area contributed by atoms with Gasteiger partial charge in [-0.15, -0.1) is 0 Å². The molecule has 0 aromatic heterocycles. The lowest BCUT2D eigenvalue weighted by atomic mass is 9.44. The molecule has 4 saturated carbocycles. The van der Waals surface area contributed by atoms with E-state index in [-0.39, 0.29) is 35.0 Å². The lowest BCUT2D eigenvalue weighted by Crippen LogP contribution is -2.58. The van der Waals surface area contributed by atoms with Crippen LogP contribution in [0.25, 0.3) is 0 Å². The molecule has 0 amide bonds.